The number of aromatic amines is 1. The predicted molar refractivity (Wildman–Crippen MR) is 168 cm³/mol. The maximum absolute atomic E-state index is 13.6. The summed E-state index contributed by atoms with van der Waals surface area (Å²) in [7, 11) is 1.65. The van der Waals surface area contributed by atoms with Gasteiger partial charge in [-0.1, -0.05) is 25.3 Å². The molecule has 0 radical (unpaired) electrons. The molecule has 2 aliphatic rings. The molecule has 9 nitrogen and oxygen atoms in total. The molecule has 5 aromatic rings. The van der Waals surface area contributed by atoms with E-state index >= 15 is 0 Å². The molecular formula is C35H35N3O6. The summed E-state index contributed by atoms with van der Waals surface area (Å²) in [5, 5.41) is 24.6. The molecule has 0 bridgehead atoms. The zero-order chi connectivity index (χ0) is 30.4. The second-order valence-electron chi connectivity index (χ2n) is 11.8. The molecule has 1 aliphatic carbocycles. The predicted octanol–water partition coefficient (Wildman–Crippen LogP) is 6.37. The highest BCUT2D eigenvalue weighted by molar-refractivity contribution is 6.02. The van der Waals surface area contributed by atoms with Crippen LogP contribution in [0.15, 0.2) is 60.8 Å². The molecule has 0 unspecified atom stereocenters. The molecule has 9 heteroatoms. The zero-order valence-electron chi connectivity index (χ0n) is 24.6. The number of nitrogens with zero attached hydrogens (tertiary/aromatic N) is 1. The number of methoxy groups -OCH3 is 1. The Labute approximate surface area is 254 Å². The van der Waals surface area contributed by atoms with E-state index in [-0.39, 0.29) is 12.2 Å². The molecule has 1 amide bonds. The van der Waals surface area contributed by atoms with Crippen LogP contribution in [0.3, 0.4) is 0 Å². The summed E-state index contributed by atoms with van der Waals surface area (Å²) >= 11 is 0. The SMILES string of the molecule is COc1ccc2c(c1)OCCn1c-2c(C2CCCCC2)c2ccc(C(=O)N[C@@H](Cc3c[nH]c4ccc(O)cc34)C(=O)O)cc21. The van der Waals surface area contributed by atoms with Gasteiger partial charge in [0.25, 0.3) is 5.91 Å². The van der Waals surface area contributed by atoms with Crippen molar-refractivity contribution in [1.29, 1.82) is 0 Å². The average Bonchev–Trinajstić information content (AvgIpc) is 3.52. The van der Waals surface area contributed by atoms with Crippen molar-refractivity contribution in [1.82, 2.24) is 14.9 Å². The number of H-pyrrole nitrogens is 1. The average molecular weight is 594 g/mol. The molecule has 1 aliphatic heterocycles. The lowest BCUT2D eigenvalue weighted by Gasteiger charge is -2.23. The van der Waals surface area contributed by atoms with Gasteiger partial charge in [-0.3, -0.25) is 4.79 Å². The lowest BCUT2D eigenvalue weighted by atomic mass is 9.81. The molecule has 1 fully saturated rings. The van der Waals surface area contributed by atoms with Gasteiger partial charge < -0.3 is 34.6 Å². The highest BCUT2D eigenvalue weighted by atomic mass is 16.5. The minimum Gasteiger partial charge on any atom is -0.508 e. The van der Waals surface area contributed by atoms with Crippen LogP contribution in [-0.4, -0.2) is 51.4 Å². The number of carbonyl (C=O) groups is 2. The molecule has 2 aromatic heterocycles. The highest BCUT2D eigenvalue weighted by Gasteiger charge is 2.30. The largest absolute Gasteiger partial charge is 0.508 e. The molecule has 1 saturated carbocycles. The summed E-state index contributed by atoms with van der Waals surface area (Å²) < 4.78 is 13.9. The quantitative estimate of drug-likeness (QED) is 0.174. The number of fused-ring (bicyclic) bond motifs is 6. The number of nitrogens with one attached hydrogen (secondary N) is 2. The first-order valence-corrected chi connectivity index (χ1v) is 15.2. The minimum absolute atomic E-state index is 0.0662. The number of phenolic OH excluding ortho intramolecular Hbond substituents is 1. The monoisotopic (exact) mass is 593 g/mol. The summed E-state index contributed by atoms with van der Waals surface area (Å²) in [5.41, 5.74) is 6.27. The van der Waals surface area contributed by atoms with E-state index in [1.807, 2.05) is 24.3 Å². The maximum Gasteiger partial charge on any atom is 0.326 e. The van der Waals surface area contributed by atoms with Crippen LogP contribution in [0.1, 0.15) is 59.5 Å². The Morgan fingerprint density at radius 2 is 1.91 bits per heavy atom. The van der Waals surface area contributed by atoms with Crippen molar-refractivity contribution in [3.8, 4) is 28.5 Å². The number of hydrogen-bond donors (Lipinski definition) is 4. The Kier molecular flexibility index (Phi) is 7.16. The maximum atomic E-state index is 13.6. The summed E-state index contributed by atoms with van der Waals surface area (Å²) in [4.78, 5) is 29.0. The van der Waals surface area contributed by atoms with E-state index in [0.29, 0.717) is 30.2 Å². The fourth-order valence-corrected chi connectivity index (χ4v) is 7.03. The Balaban J connectivity index is 1.27. The minimum atomic E-state index is -1.16. The van der Waals surface area contributed by atoms with E-state index in [4.69, 9.17) is 9.47 Å². The molecule has 7 rings (SSSR count). The van der Waals surface area contributed by atoms with Crippen molar-refractivity contribution >= 4 is 33.7 Å². The fourth-order valence-electron chi connectivity index (χ4n) is 7.03. The van der Waals surface area contributed by atoms with Crippen LogP contribution in [0.5, 0.6) is 17.2 Å². The molecule has 1 atom stereocenters. The highest BCUT2D eigenvalue weighted by Crippen LogP contribution is 2.47. The van der Waals surface area contributed by atoms with Crippen LogP contribution in [0, 0.1) is 0 Å². The van der Waals surface area contributed by atoms with Gasteiger partial charge in [0.1, 0.15) is 29.9 Å². The first-order valence-electron chi connectivity index (χ1n) is 15.2. The van der Waals surface area contributed by atoms with Crippen LogP contribution in [0.2, 0.25) is 0 Å². The van der Waals surface area contributed by atoms with Crippen molar-refractivity contribution in [2.75, 3.05) is 13.7 Å². The summed E-state index contributed by atoms with van der Waals surface area (Å²) in [5.74, 6) is 0.441. The van der Waals surface area contributed by atoms with Gasteiger partial charge in [0.05, 0.1) is 19.3 Å². The number of aliphatic carboxylic acids is 1. The topological polar surface area (TPSA) is 126 Å². The number of amides is 1. The van der Waals surface area contributed by atoms with Crippen molar-refractivity contribution in [2.24, 2.45) is 0 Å². The number of benzene rings is 3. The first-order chi connectivity index (χ1) is 21.4. The lowest BCUT2D eigenvalue weighted by molar-refractivity contribution is -0.139. The number of carboxylic acid groups (broad SMARTS) is 1. The summed E-state index contributed by atoms with van der Waals surface area (Å²) in [6.45, 7) is 1.09. The lowest BCUT2D eigenvalue weighted by Crippen LogP contribution is -2.42. The van der Waals surface area contributed by atoms with Gasteiger partial charge in [0.15, 0.2) is 0 Å². The molecule has 3 aromatic carbocycles. The normalized spacial score (nSPS) is 15.7. The molecule has 0 saturated heterocycles. The van der Waals surface area contributed by atoms with E-state index in [0.717, 1.165) is 57.4 Å². The van der Waals surface area contributed by atoms with Crippen LogP contribution in [0.4, 0.5) is 0 Å². The third-order valence-corrected chi connectivity index (χ3v) is 9.17. The van der Waals surface area contributed by atoms with Crippen molar-refractivity contribution in [3.05, 3.63) is 77.5 Å². The molecule has 226 valence electrons. The fraction of sp³-hybridized carbons (Fsp3) is 0.314. The van der Waals surface area contributed by atoms with E-state index in [1.54, 1.807) is 37.6 Å². The van der Waals surface area contributed by atoms with Gasteiger partial charge in [-0.25, -0.2) is 4.79 Å². The molecular weight excluding hydrogens is 558 g/mol. The van der Waals surface area contributed by atoms with Gasteiger partial charge in [-0.15, -0.1) is 0 Å². The third kappa shape index (κ3) is 4.92. The number of aromatic hydroxyl groups is 1. The first kappa shape index (κ1) is 27.9. The van der Waals surface area contributed by atoms with Crippen LogP contribution in [0.25, 0.3) is 33.1 Å². The van der Waals surface area contributed by atoms with Gasteiger partial charge in [-0.2, -0.15) is 0 Å². The second-order valence-corrected chi connectivity index (χ2v) is 11.8. The van der Waals surface area contributed by atoms with E-state index in [1.165, 1.54) is 24.8 Å². The Morgan fingerprint density at radius 1 is 1.07 bits per heavy atom. The number of ether oxygens (including phenoxy) is 2. The number of carboxylic acids is 1. The van der Waals surface area contributed by atoms with Crippen molar-refractivity contribution in [2.45, 2.75) is 57.0 Å². The summed E-state index contributed by atoms with van der Waals surface area (Å²) in [6, 6.07) is 15.4. The zero-order valence-corrected chi connectivity index (χ0v) is 24.6. The number of hydrogen-bond acceptors (Lipinski definition) is 5. The molecule has 44 heavy (non-hydrogen) atoms. The standard InChI is InChI=1S/C35H35N3O6/c1-43-24-9-11-26-31(18-24)44-14-13-38-30-16-21(7-10-25(30)32(33(26)38)20-5-3-2-4-6-20)34(40)37-29(35(41)42)15-22-19-36-28-12-8-23(39)17-27(22)28/h7-12,16-20,29,36,39H,2-6,13-15H2,1H3,(H,37,40)(H,41,42)/t29-/m0/s1. The number of phenols is 1. The third-order valence-electron chi connectivity index (χ3n) is 9.17. The van der Waals surface area contributed by atoms with E-state index in [2.05, 4.69) is 20.9 Å². The van der Waals surface area contributed by atoms with Gasteiger partial charge in [0.2, 0.25) is 0 Å². The smallest absolute Gasteiger partial charge is 0.326 e. The van der Waals surface area contributed by atoms with E-state index < -0.39 is 17.9 Å². The van der Waals surface area contributed by atoms with Crippen LogP contribution in [-0.2, 0) is 17.8 Å². The van der Waals surface area contributed by atoms with Crippen molar-refractivity contribution in [3.63, 3.8) is 0 Å². The van der Waals surface area contributed by atoms with Crippen LogP contribution < -0.4 is 14.8 Å². The Bertz CT molecular complexity index is 1900. The number of carbonyl (C=O) groups excluding carboxylic acids is 1. The van der Waals surface area contributed by atoms with Gasteiger partial charge >= 0.3 is 5.97 Å². The van der Waals surface area contributed by atoms with E-state index in [9.17, 15) is 19.8 Å². The Morgan fingerprint density at radius 3 is 2.70 bits per heavy atom. The number of aromatic nitrogens is 2. The van der Waals surface area contributed by atoms with Gasteiger partial charge in [0, 0.05) is 51.6 Å². The van der Waals surface area contributed by atoms with Crippen LogP contribution >= 0.6 is 0 Å². The number of rotatable bonds is 7. The summed E-state index contributed by atoms with van der Waals surface area (Å²) in [6.07, 6.45) is 7.65. The molecule has 4 N–H and O–H groups in total. The van der Waals surface area contributed by atoms with Crippen molar-refractivity contribution < 1.29 is 29.3 Å². The molecule has 0 spiro atoms. The molecule has 3 heterocycles. The second kappa shape index (κ2) is 11.3. The Hall–Kier alpha value is -4.92. The van der Waals surface area contributed by atoms with Gasteiger partial charge in [-0.05, 0) is 72.4 Å².